The first kappa shape index (κ1) is 12.6. The molecule has 0 fully saturated rings. The number of ether oxygens (including phenoxy) is 1. The van der Waals surface area contributed by atoms with Crippen LogP contribution < -0.4 is 5.73 Å². The molecule has 0 unspecified atom stereocenters. The van der Waals surface area contributed by atoms with Gasteiger partial charge in [-0.15, -0.1) is 0 Å². The van der Waals surface area contributed by atoms with Crippen LogP contribution in [0.15, 0.2) is 17.3 Å². The molecule has 0 aliphatic heterocycles. The van der Waals surface area contributed by atoms with Crippen LogP contribution in [0, 0.1) is 0 Å². The lowest BCUT2D eigenvalue weighted by Crippen LogP contribution is -2.16. The van der Waals surface area contributed by atoms with E-state index in [4.69, 9.17) is 34.1 Å². The highest BCUT2D eigenvalue weighted by atomic mass is 35.5. The average Bonchev–Trinajstić information content (AvgIpc) is 2.28. The molecule has 16 heavy (non-hydrogen) atoms. The fourth-order valence-corrected chi connectivity index (χ4v) is 1.75. The fraction of sp³-hybridized carbons (Fsp3) is 0.111. The molecular formula is C9H8Cl2N2O3. The van der Waals surface area contributed by atoms with Crippen LogP contribution >= 0.6 is 23.2 Å². The first-order valence-electron chi connectivity index (χ1n) is 4.07. The lowest BCUT2D eigenvalue weighted by atomic mass is 10.1. The summed E-state index contributed by atoms with van der Waals surface area (Å²) < 4.78 is 4.52. The zero-order valence-corrected chi connectivity index (χ0v) is 9.71. The van der Waals surface area contributed by atoms with E-state index in [0.717, 1.165) is 0 Å². The van der Waals surface area contributed by atoms with Gasteiger partial charge in [-0.25, -0.2) is 4.79 Å². The van der Waals surface area contributed by atoms with E-state index in [1.165, 1.54) is 19.2 Å². The van der Waals surface area contributed by atoms with Crippen molar-refractivity contribution in [1.82, 2.24) is 0 Å². The Morgan fingerprint density at radius 2 is 2.12 bits per heavy atom. The van der Waals surface area contributed by atoms with Crippen LogP contribution in [-0.4, -0.2) is 24.1 Å². The van der Waals surface area contributed by atoms with Gasteiger partial charge >= 0.3 is 5.97 Å². The minimum Gasteiger partial charge on any atom is -0.465 e. The van der Waals surface area contributed by atoms with Crippen molar-refractivity contribution >= 4 is 35.0 Å². The maximum absolute atomic E-state index is 11.3. The van der Waals surface area contributed by atoms with Crippen LogP contribution in [-0.2, 0) is 4.74 Å². The van der Waals surface area contributed by atoms with Crippen molar-refractivity contribution in [3.8, 4) is 0 Å². The number of halogens is 2. The predicted octanol–water partition coefficient (Wildman–Crippen LogP) is 1.87. The molecule has 0 aromatic heterocycles. The Bertz CT molecular complexity index is 460. The van der Waals surface area contributed by atoms with Gasteiger partial charge in [0.1, 0.15) is 0 Å². The van der Waals surface area contributed by atoms with Crippen LogP contribution in [0.25, 0.3) is 0 Å². The summed E-state index contributed by atoms with van der Waals surface area (Å²) in [4.78, 5) is 11.3. The first-order chi connectivity index (χ1) is 7.52. The highest BCUT2D eigenvalue weighted by molar-refractivity contribution is 6.41. The van der Waals surface area contributed by atoms with E-state index in [-0.39, 0.29) is 27.0 Å². The molecule has 0 spiro atoms. The van der Waals surface area contributed by atoms with Crippen molar-refractivity contribution in [2.24, 2.45) is 10.9 Å². The Kier molecular flexibility index (Phi) is 3.98. The van der Waals surface area contributed by atoms with Crippen LogP contribution in [0.2, 0.25) is 10.0 Å². The van der Waals surface area contributed by atoms with E-state index >= 15 is 0 Å². The Balaban J connectivity index is 3.44. The lowest BCUT2D eigenvalue weighted by Gasteiger charge is -2.08. The van der Waals surface area contributed by atoms with Crippen molar-refractivity contribution in [1.29, 1.82) is 0 Å². The van der Waals surface area contributed by atoms with E-state index in [1.54, 1.807) is 0 Å². The third-order valence-corrected chi connectivity index (χ3v) is 2.57. The van der Waals surface area contributed by atoms with Crippen molar-refractivity contribution < 1.29 is 14.7 Å². The summed E-state index contributed by atoms with van der Waals surface area (Å²) in [5, 5.41) is 11.5. The van der Waals surface area contributed by atoms with E-state index < -0.39 is 5.97 Å². The summed E-state index contributed by atoms with van der Waals surface area (Å²) in [7, 11) is 1.22. The van der Waals surface area contributed by atoms with Gasteiger partial charge in [0.05, 0.1) is 28.3 Å². The number of nitrogens with two attached hydrogens (primary N) is 1. The maximum Gasteiger partial charge on any atom is 0.339 e. The van der Waals surface area contributed by atoms with Crippen molar-refractivity contribution in [3.63, 3.8) is 0 Å². The number of amidine groups is 1. The second-order valence-corrected chi connectivity index (χ2v) is 3.55. The van der Waals surface area contributed by atoms with Crippen LogP contribution in [0.3, 0.4) is 0 Å². The monoisotopic (exact) mass is 262 g/mol. The number of oxime groups is 1. The van der Waals surface area contributed by atoms with Crippen LogP contribution in [0.5, 0.6) is 0 Å². The zero-order valence-electron chi connectivity index (χ0n) is 8.20. The summed E-state index contributed by atoms with van der Waals surface area (Å²) in [6.45, 7) is 0. The number of esters is 1. The zero-order chi connectivity index (χ0) is 12.3. The molecule has 86 valence electrons. The van der Waals surface area contributed by atoms with Crippen LogP contribution in [0.4, 0.5) is 0 Å². The number of benzene rings is 1. The summed E-state index contributed by atoms with van der Waals surface area (Å²) >= 11 is 11.7. The smallest absolute Gasteiger partial charge is 0.339 e. The van der Waals surface area contributed by atoms with Gasteiger partial charge in [0, 0.05) is 0 Å². The fourth-order valence-electron chi connectivity index (χ4n) is 1.10. The quantitative estimate of drug-likeness (QED) is 0.280. The molecule has 0 atom stereocenters. The maximum atomic E-state index is 11.3. The van der Waals surface area contributed by atoms with Gasteiger partial charge in [0.25, 0.3) is 0 Å². The van der Waals surface area contributed by atoms with E-state index in [1.807, 2.05) is 0 Å². The molecule has 0 heterocycles. The molecule has 0 amide bonds. The molecule has 1 aromatic rings. The van der Waals surface area contributed by atoms with E-state index in [2.05, 4.69) is 9.89 Å². The Hall–Kier alpha value is -1.46. The highest BCUT2D eigenvalue weighted by Crippen LogP contribution is 2.28. The number of carbonyl (C=O) groups is 1. The molecule has 0 aliphatic carbocycles. The molecule has 0 saturated heterocycles. The van der Waals surface area contributed by atoms with Gasteiger partial charge in [-0.2, -0.15) is 0 Å². The summed E-state index contributed by atoms with van der Waals surface area (Å²) in [5.41, 5.74) is 5.57. The largest absolute Gasteiger partial charge is 0.465 e. The Morgan fingerprint density at radius 3 is 2.62 bits per heavy atom. The highest BCUT2D eigenvalue weighted by Gasteiger charge is 2.19. The molecule has 0 aliphatic rings. The average molecular weight is 263 g/mol. The van der Waals surface area contributed by atoms with Crippen molar-refractivity contribution in [2.75, 3.05) is 7.11 Å². The van der Waals surface area contributed by atoms with Gasteiger partial charge in [-0.05, 0) is 12.1 Å². The molecule has 7 heteroatoms. The van der Waals surface area contributed by atoms with E-state index in [0.29, 0.717) is 0 Å². The van der Waals surface area contributed by atoms with Gasteiger partial charge < -0.3 is 15.7 Å². The van der Waals surface area contributed by atoms with Crippen LogP contribution in [0.1, 0.15) is 15.9 Å². The third kappa shape index (κ3) is 2.20. The minimum atomic E-state index is -0.631. The number of methoxy groups -OCH3 is 1. The Labute approximate surface area is 101 Å². The van der Waals surface area contributed by atoms with Crippen molar-refractivity contribution in [2.45, 2.75) is 0 Å². The molecule has 5 nitrogen and oxygen atoms in total. The van der Waals surface area contributed by atoms with Gasteiger partial charge in [-0.1, -0.05) is 28.4 Å². The number of rotatable bonds is 2. The topological polar surface area (TPSA) is 84.9 Å². The predicted molar refractivity (Wildman–Crippen MR) is 60.3 cm³/mol. The van der Waals surface area contributed by atoms with Crippen molar-refractivity contribution in [3.05, 3.63) is 33.3 Å². The summed E-state index contributed by atoms with van der Waals surface area (Å²) in [5.74, 6) is -0.908. The van der Waals surface area contributed by atoms with E-state index in [9.17, 15) is 4.79 Å². The Morgan fingerprint density at radius 1 is 1.50 bits per heavy atom. The molecule has 1 rings (SSSR count). The number of hydrogen-bond acceptors (Lipinski definition) is 4. The van der Waals surface area contributed by atoms with Gasteiger partial charge in [0.15, 0.2) is 5.84 Å². The molecule has 0 radical (unpaired) electrons. The molecular weight excluding hydrogens is 255 g/mol. The SMILES string of the molecule is COC(=O)c1ccc(Cl)c(/C(N)=N/O)c1Cl. The summed E-state index contributed by atoms with van der Waals surface area (Å²) in [6, 6.07) is 2.80. The normalized spacial score (nSPS) is 11.3. The molecule has 3 N–H and O–H groups in total. The molecule has 0 saturated carbocycles. The molecule has 0 bridgehead atoms. The first-order valence-corrected chi connectivity index (χ1v) is 4.82. The minimum absolute atomic E-state index is 0.0188. The lowest BCUT2D eigenvalue weighted by molar-refractivity contribution is 0.0601. The second-order valence-electron chi connectivity index (χ2n) is 2.76. The number of carbonyl (C=O) groups excluding carboxylic acids is 1. The standard InChI is InChI=1S/C9H8Cl2N2O3/c1-16-9(14)4-2-3-5(10)6(7(4)11)8(12)13-15/h2-3,15H,1H3,(H2,12,13). The molecule has 1 aromatic carbocycles. The summed E-state index contributed by atoms with van der Waals surface area (Å²) in [6.07, 6.45) is 0. The van der Waals surface area contributed by atoms with Gasteiger partial charge in [0.2, 0.25) is 0 Å². The third-order valence-electron chi connectivity index (χ3n) is 1.86. The van der Waals surface area contributed by atoms with Gasteiger partial charge in [-0.3, -0.25) is 0 Å². The number of hydrogen-bond donors (Lipinski definition) is 2. The number of nitrogens with zero attached hydrogens (tertiary/aromatic N) is 1. The second kappa shape index (κ2) is 5.05.